The molecule has 0 aliphatic heterocycles. The third-order valence-corrected chi connectivity index (χ3v) is 2.85. The third-order valence-electron chi connectivity index (χ3n) is 2.85. The predicted molar refractivity (Wildman–Crippen MR) is 63.8 cm³/mol. The molecular weight excluding hydrogens is 224 g/mol. The number of halogens is 2. The van der Waals surface area contributed by atoms with Crippen LogP contribution in [0.25, 0.3) is 0 Å². The molecule has 0 aliphatic rings. The fraction of sp³-hybridized carbons (Fsp3) is 0.538. The number of benzene rings is 1. The van der Waals surface area contributed by atoms with Crippen molar-refractivity contribution in [2.24, 2.45) is 5.92 Å². The molecule has 2 nitrogen and oxygen atoms in total. The van der Waals surface area contributed by atoms with E-state index in [9.17, 15) is 8.78 Å². The maximum atomic E-state index is 13.1. The molecule has 1 rings (SSSR count). The van der Waals surface area contributed by atoms with Crippen LogP contribution in [-0.4, -0.2) is 23.6 Å². The second-order valence-electron chi connectivity index (χ2n) is 4.62. The van der Waals surface area contributed by atoms with E-state index in [4.69, 9.17) is 5.11 Å². The zero-order chi connectivity index (χ0) is 13.0. The van der Waals surface area contributed by atoms with E-state index >= 15 is 0 Å². The molecule has 0 bridgehead atoms. The minimum absolute atomic E-state index is 0.471. The molecule has 1 aromatic carbocycles. The van der Waals surface area contributed by atoms with Gasteiger partial charge in [0.15, 0.2) is 17.4 Å². The zero-order valence-electron chi connectivity index (χ0n) is 10.5. The molecular formula is C13H19F2NO. The summed E-state index contributed by atoms with van der Waals surface area (Å²) in [6, 6.07) is 2.34. The van der Waals surface area contributed by atoms with Crippen LogP contribution < -0.4 is 0 Å². The van der Waals surface area contributed by atoms with Crippen molar-refractivity contribution < 1.29 is 13.9 Å². The van der Waals surface area contributed by atoms with E-state index < -0.39 is 17.4 Å². The maximum absolute atomic E-state index is 13.1. The first-order chi connectivity index (χ1) is 7.93. The Bertz CT molecular complexity index is 359. The van der Waals surface area contributed by atoms with Gasteiger partial charge in [0.2, 0.25) is 0 Å². The third kappa shape index (κ3) is 3.97. The molecule has 4 heteroatoms. The summed E-state index contributed by atoms with van der Waals surface area (Å²) in [6.07, 6.45) is 1.07. The molecule has 0 saturated heterocycles. The molecule has 0 saturated carbocycles. The largest absolute Gasteiger partial charge is 0.503 e. The molecule has 17 heavy (non-hydrogen) atoms. The van der Waals surface area contributed by atoms with E-state index in [1.165, 1.54) is 12.1 Å². The summed E-state index contributed by atoms with van der Waals surface area (Å²) in [5.74, 6) is -2.17. The van der Waals surface area contributed by atoms with Gasteiger partial charge in [-0.1, -0.05) is 20.3 Å². The highest BCUT2D eigenvalue weighted by molar-refractivity contribution is 5.29. The van der Waals surface area contributed by atoms with Crippen molar-refractivity contribution >= 4 is 0 Å². The summed E-state index contributed by atoms with van der Waals surface area (Å²) >= 11 is 0. The van der Waals surface area contributed by atoms with Crippen LogP contribution in [-0.2, 0) is 6.54 Å². The smallest absolute Gasteiger partial charge is 0.187 e. The minimum atomic E-state index is -0.906. The zero-order valence-corrected chi connectivity index (χ0v) is 10.5. The number of nitrogens with zero attached hydrogens (tertiary/aromatic N) is 1. The molecule has 1 atom stereocenters. The van der Waals surface area contributed by atoms with Crippen LogP contribution in [0.15, 0.2) is 12.1 Å². The van der Waals surface area contributed by atoms with Gasteiger partial charge in [0.25, 0.3) is 0 Å². The van der Waals surface area contributed by atoms with Crippen molar-refractivity contribution in [3.8, 4) is 5.75 Å². The Morgan fingerprint density at radius 2 is 1.82 bits per heavy atom. The molecule has 0 amide bonds. The van der Waals surface area contributed by atoms with E-state index in [-0.39, 0.29) is 0 Å². The van der Waals surface area contributed by atoms with Crippen LogP contribution in [0.2, 0.25) is 0 Å². The lowest BCUT2D eigenvalue weighted by molar-refractivity contribution is 0.274. The summed E-state index contributed by atoms with van der Waals surface area (Å²) < 4.78 is 26.2. The monoisotopic (exact) mass is 243 g/mol. The van der Waals surface area contributed by atoms with Gasteiger partial charge in [-0.05, 0) is 30.7 Å². The van der Waals surface area contributed by atoms with E-state index in [1.807, 2.05) is 11.9 Å². The number of hydrogen-bond donors (Lipinski definition) is 1. The van der Waals surface area contributed by atoms with Crippen LogP contribution in [0.5, 0.6) is 5.75 Å². The Labute approximate surface area is 101 Å². The Balaban J connectivity index is 2.69. The highest BCUT2D eigenvalue weighted by Gasteiger charge is 2.11. The van der Waals surface area contributed by atoms with Gasteiger partial charge in [0.1, 0.15) is 0 Å². The Hall–Kier alpha value is -1.16. The number of phenols is 1. The lowest BCUT2D eigenvalue weighted by Gasteiger charge is -2.20. The van der Waals surface area contributed by atoms with Crippen LogP contribution in [0.3, 0.4) is 0 Å². The quantitative estimate of drug-likeness (QED) is 0.858. The fourth-order valence-electron chi connectivity index (χ4n) is 1.75. The van der Waals surface area contributed by atoms with Crippen LogP contribution in [0.1, 0.15) is 25.8 Å². The van der Waals surface area contributed by atoms with Gasteiger partial charge in [0, 0.05) is 13.1 Å². The molecule has 1 N–H and O–H groups in total. The number of aromatic hydroxyl groups is 1. The number of hydrogen-bond acceptors (Lipinski definition) is 2. The van der Waals surface area contributed by atoms with Crippen molar-refractivity contribution in [3.63, 3.8) is 0 Å². The van der Waals surface area contributed by atoms with Gasteiger partial charge in [-0.25, -0.2) is 8.78 Å². The molecule has 0 aromatic heterocycles. The van der Waals surface area contributed by atoms with E-state index in [2.05, 4.69) is 13.8 Å². The lowest BCUT2D eigenvalue weighted by atomic mass is 10.1. The summed E-state index contributed by atoms with van der Waals surface area (Å²) in [5.41, 5.74) is 0.531. The standard InChI is InChI=1S/C13H19F2NO/c1-4-9(2)7-16(3)8-10-5-11(14)13(17)12(15)6-10/h5-6,9,17H,4,7-8H2,1-3H3. The Morgan fingerprint density at radius 1 is 1.29 bits per heavy atom. The molecule has 0 spiro atoms. The average molecular weight is 243 g/mol. The molecule has 0 radical (unpaired) electrons. The van der Waals surface area contributed by atoms with Crippen molar-refractivity contribution in [2.75, 3.05) is 13.6 Å². The molecule has 0 heterocycles. The summed E-state index contributed by atoms with van der Waals surface area (Å²) in [4.78, 5) is 2.01. The van der Waals surface area contributed by atoms with Crippen molar-refractivity contribution in [3.05, 3.63) is 29.3 Å². The first-order valence-corrected chi connectivity index (χ1v) is 5.79. The normalized spacial score (nSPS) is 13.1. The first-order valence-electron chi connectivity index (χ1n) is 5.79. The second-order valence-corrected chi connectivity index (χ2v) is 4.62. The predicted octanol–water partition coefficient (Wildman–Crippen LogP) is 3.15. The van der Waals surface area contributed by atoms with Crippen molar-refractivity contribution in [2.45, 2.75) is 26.8 Å². The van der Waals surface area contributed by atoms with E-state index in [0.717, 1.165) is 13.0 Å². The highest BCUT2D eigenvalue weighted by Crippen LogP contribution is 2.22. The average Bonchev–Trinajstić information content (AvgIpc) is 2.25. The number of phenolic OH excluding ortho intramolecular Hbond substituents is 1. The second kappa shape index (κ2) is 5.96. The van der Waals surface area contributed by atoms with Gasteiger partial charge in [-0.3, -0.25) is 0 Å². The van der Waals surface area contributed by atoms with Crippen LogP contribution in [0.4, 0.5) is 8.78 Å². The van der Waals surface area contributed by atoms with Crippen molar-refractivity contribution in [1.29, 1.82) is 0 Å². The van der Waals surface area contributed by atoms with Crippen LogP contribution >= 0.6 is 0 Å². The van der Waals surface area contributed by atoms with Crippen LogP contribution in [0, 0.1) is 17.6 Å². The number of rotatable bonds is 5. The SMILES string of the molecule is CCC(C)CN(C)Cc1cc(F)c(O)c(F)c1. The summed E-state index contributed by atoms with van der Waals surface area (Å²) in [7, 11) is 1.91. The molecule has 1 aromatic rings. The minimum Gasteiger partial charge on any atom is -0.503 e. The summed E-state index contributed by atoms with van der Waals surface area (Å²) in [6.45, 7) is 5.59. The lowest BCUT2D eigenvalue weighted by Crippen LogP contribution is -2.23. The highest BCUT2D eigenvalue weighted by atomic mass is 19.1. The van der Waals surface area contributed by atoms with Gasteiger partial charge in [-0.15, -0.1) is 0 Å². The Kier molecular flexibility index (Phi) is 4.87. The Morgan fingerprint density at radius 3 is 2.29 bits per heavy atom. The fourth-order valence-corrected chi connectivity index (χ4v) is 1.75. The molecule has 0 fully saturated rings. The topological polar surface area (TPSA) is 23.5 Å². The van der Waals surface area contributed by atoms with Gasteiger partial charge in [-0.2, -0.15) is 0 Å². The first kappa shape index (κ1) is 13.9. The van der Waals surface area contributed by atoms with Gasteiger partial charge >= 0.3 is 0 Å². The van der Waals surface area contributed by atoms with Crippen molar-refractivity contribution in [1.82, 2.24) is 4.90 Å². The maximum Gasteiger partial charge on any atom is 0.187 e. The van der Waals surface area contributed by atoms with E-state index in [1.54, 1.807) is 0 Å². The molecule has 1 unspecified atom stereocenters. The molecule has 96 valence electrons. The molecule has 0 aliphatic carbocycles. The summed E-state index contributed by atoms with van der Waals surface area (Å²) in [5, 5.41) is 8.98. The van der Waals surface area contributed by atoms with Gasteiger partial charge < -0.3 is 10.0 Å². The van der Waals surface area contributed by atoms with Gasteiger partial charge in [0.05, 0.1) is 0 Å². The van der Waals surface area contributed by atoms with E-state index in [0.29, 0.717) is 18.0 Å².